The van der Waals surface area contributed by atoms with Crippen molar-refractivity contribution in [2.24, 2.45) is 5.73 Å². The van der Waals surface area contributed by atoms with Crippen LogP contribution in [0, 0.1) is 20.8 Å². The van der Waals surface area contributed by atoms with Gasteiger partial charge in [0.25, 0.3) is 11.8 Å². The number of nitrogens with one attached hydrogen (secondary N) is 1. The Hall–Kier alpha value is -3.52. The van der Waals surface area contributed by atoms with Crippen molar-refractivity contribution in [3.63, 3.8) is 0 Å². The summed E-state index contributed by atoms with van der Waals surface area (Å²) in [5, 5.41) is 8.48. The molecule has 0 unspecified atom stereocenters. The Kier molecular flexibility index (Phi) is 5.56. The molecule has 0 atom stereocenters. The molecule has 2 amide bonds. The van der Waals surface area contributed by atoms with Gasteiger partial charge in [0.2, 0.25) is 0 Å². The minimum Gasteiger partial charge on any atom is -0.365 e. The van der Waals surface area contributed by atoms with E-state index in [0.717, 1.165) is 21.6 Å². The van der Waals surface area contributed by atoms with Gasteiger partial charge < -0.3 is 11.1 Å². The zero-order valence-electron chi connectivity index (χ0n) is 18.7. The van der Waals surface area contributed by atoms with Crippen molar-refractivity contribution in [1.82, 2.24) is 14.8 Å². The van der Waals surface area contributed by atoms with E-state index in [2.05, 4.69) is 10.4 Å². The van der Waals surface area contributed by atoms with Gasteiger partial charge in [-0.05, 0) is 51.8 Å². The Morgan fingerprint density at radius 1 is 1.16 bits per heavy atom. The van der Waals surface area contributed by atoms with Crippen LogP contribution in [-0.2, 0) is 0 Å². The third-order valence-electron chi connectivity index (χ3n) is 5.58. The number of benzene rings is 1. The predicted octanol–water partition coefficient (Wildman–Crippen LogP) is 5.02. The van der Waals surface area contributed by atoms with Crippen molar-refractivity contribution in [2.75, 3.05) is 5.32 Å². The second-order valence-corrected chi connectivity index (χ2v) is 9.32. The van der Waals surface area contributed by atoms with Crippen LogP contribution in [0.4, 0.5) is 5.00 Å². The Morgan fingerprint density at radius 2 is 1.88 bits per heavy atom. The molecule has 3 heterocycles. The highest BCUT2D eigenvalue weighted by atomic mass is 32.1. The molecule has 1 aromatic carbocycles. The first-order valence-corrected chi connectivity index (χ1v) is 11.2. The number of amides is 2. The summed E-state index contributed by atoms with van der Waals surface area (Å²) in [6.07, 6.45) is 1.67. The number of aryl methyl sites for hydroxylation is 2. The first-order valence-electron chi connectivity index (χ1n) is 10.3. The van der Waals surface area contributed by atoms with Gasteiger partial charge in [-0.25, -0.2) is 9.67 Å². The lowest BCUT2D eigenvalue weighted by Gasteiger charge is -2.12. The quantitative estimate of drug-likeness (QED) is 0.448. The van der Waals surface area contributed by atoms with E-state index < -0.39 is 5.91 Å². The molecule has 4 aromatic rings. The number of thiophene rings is 1. The molecule has 3 aromatic heterocycles. The molecule has 0 bridgehead atoms. The number of rotatable bonds is 5. The van der Waals surface area contributed by atoms with Crippen LogP contribution in [0.15, 0.2) is 36.5 Å². The molecule has 0 aliphatic carbocycles. The Balaban J connectivity index is 1.88. The Bertz CT molecular complexity index is 1370. The van der Waals surface area contributed by atoms with E-state index in [-0.39, 0.29) is 11.9 Å². The molecule has 32 heavy (non-hydrogen) atoms. The van der Waals surface area contributed by atoms with E-state index in [0.29, 0.717) is 32.9 Å². The Morgan fingerprint density at radius 3 is 2.53 bits per heavy atom. The maximum atomic E-state index is 13.4. The van der Waals surface area contributed by atoms with Crippen LogP contribution in [-0.4, -0.2) is 26.6 Å². The van der Waals surface area contributed by atoms with E-state index in [1.165, 1.54) is 11.3 Å². The summed E-state index contributed by atoms with van der Waals surface area (Å²) < 4.78 is 1.81. The van der Waals surface area contributed by atoms with E-state index in [1.54, 1.807) is 12.3 Å². The van der Waals surface area contributed by atoms with Crippen molar-refractivity contribution >= 4 is 39.2 Å². The van der Waals surface area contributed by atoms with E-state index in [4.69, 9.17) is 10.7 Å². The number of pyridine rings is 1. The highest BCUT2D eigenvalue weighted by Gasteiger charge is 2.23. The molecule has 3 N–H and O–H groups in total. The number of nitrogens with zero attached hydrogens (tertiary/aromatic N) is 3. The lowest BCUT2D eigenvalue weighted by atomic mass is 10.0. The fourth-order valence-electron chi connectivity index (χ4n) is 3.76. The SMILES string of the molecule is Cc1ccccc1-c1cc(C(=O)Nc2sc(C)c(C)c2C(N)=O)c2cnn(C(C)C)c2n1. The van der Waals surface area contributed by atoms with Gasteiger partial charge in [0.1, 0.15) is 5.00 Å². The molecular weight excluding hydrogens is 422 g/mol. The number of primary amides is 1. The van der Waals surface area contributed by atoms with Crippen molar-refractivity contribution in [3.05, 3.63) is 63.7 Å². The van der Waals surface area contributed by atoms with Crippen molar-refractivity contribution in [2.45, 2.75) is 40.7 Å². The van der Waals surface area contributed by atoms with Crippen LogP contribution in [0.1, 0.15) is 56.6 Å². The molecule has 0 radical (unpaired) electrons. The maximum Gasteiger partial charge on any atom is 0.257 e. The average molecular weight is 448 g/mol. The topological polar surface area (TPSA) is 103 Å². The van der Waals surface area contributed by atoms with Gasteiger partial charge in [-0.15, -0.1) is 11.3 Å². The predicted molar refractivity (Wildman–Crippen MR) is 128 cm³/mol. The molecule has 0 saturated heterocycles. The van der Waals surface area contributed by atoms with Crippen LogP contribution >= 0.6 is 11.3 Å². The molecule has 7 nitrogen and oxygen atoms in total. The van der Waals surface area contributed by atoms with Crippen molar-refractivity contribution in [3.8, 4) is 11.3 Å². The third kappa shape index (κ3) is 3.67. The van der Waals surface area contributed by atoms with Gasteiger partial charge in [-0.1, -0.05) is 24.3 Å². The number of carbonyl (C=O) groups is 2. The smallest absolute Gasteiger partial charge is 0.257 e. The molecule has 0 saturated carbocycles. The van der Waals surface area contributed by atoms with Gasteiger partial charge in [-0.3, -0.25) is 9.59 Å². The zero-order valence-corrected chi connectivity index (χ0v) is 19.5. The third-order valence-corrected chi connectivity index (χ3v) is 6.70. The number of nitrogens with two attached hydrogens (primary N) is 1. The normalized spacial score (nSPS) is 11.3. The van der Waals surface area contributed by atoms with Gasteiger partial charge in [0.15, 0.2) is 5.65 Å². The molecule has 0 spiro atoms. The van der Waals surface area contributed by atoms with Gasteiger partial charge >= 0.3 is 0 Å². The van der Waals surface area contributed by atoms with Crippen LogP contribution in [0.3, 0.4) is 0 Å². The van der Waals surface area contributed by atoms with E-state index in [9.17, 15) is 9.59 Å². The molecule has 164 valence electrons. The number of hydrogen-bond donors (Lipinski definition) is 2. The standard InChI is InChI=1S/C24H25N5O2S/c1-12(2)29-22-18(11-26-29)17(10-19(27-22)16-9-7-6-8-13(16)3)23(31)28-24-20(21(25)30)14(4)15(5)32-24/h6-12H,1-5H3,(H2,25,30)(H,28,31). The Labute approximate surface area is 190 Å². The molecular formula is C24H25N5O2S. The number of carbonyl (C=O) groups excluding carboxylic acids is 2. The molecule has 0 fully saturated rings. The summed E-state index contributed by atoms with van der Waals surface area (Å²) in [6, 6.07) is 9.77. The summed E-state index contributed by atoms with van der Waals surface area (Å²) in [7, 11) is 0. The highest BCUT2D eigenvalue weighted by Crippen LogP contribution is 2.34. The number of hydrogen-bond acceptors (Lipinski definition) is 5. The second kappa shape index (κ2) is 8.20. The summed E-state index contributed by atoms with van der Waals surface area (Å²) in [4.78, 5) is 31.2. The van der Waals surface area contributed by atoms with E-state index >= 15 is 0 Å². The van der Waals surface area contributed by atoms with Gasteiger partial charge in [-0.2, -0.15) is 5.10 Å². The molecule has 0 aliphatic heterocycles. The molecule has 0 aliphatic rings. The maximum absolute atomic E-state index is 13.4. The number of aromatic nitrogens is 3. The first kappa shape index (κ1) is 21.7. The lowest BCUT2D eigenvalue weighted by Crippen LogP contribution is -2.18. The molecule has 4 rings (SSSR count). The van der Waals surface area contributed by atoms with E-state index in [1.807, 2.05) is 63.6 Å². The van der Waals surface area contributed by atoms with Crippen LogP contribution in [0.25, 0.3) is 22.3 Å². The summed E-state index contributed by atoms with van der Waals surface area (Å²) in [5.41, 5.74) is 10.5. The molecule has 8 heteroatoms. The second-order valence-electron chi connectivity index (χ2n) is 8.10. The van der Waals surface area contributed by atoms with Crippen LogP contribution in [0.5, 0.6) is 0 Å². The number of fused-ring (bicyclic) bond motifs is 1. The lowest BCUT2D eigenvalue weighted by molar-refractivity contribution is 0.100. The summed E-state index contributed by atoms with van der Waals surface area (Å²) >= 11 is 1.34. The number of anilines is 1. The van der Waals surface area contributed by atoms with Crippen LogP contribution < -0.4 is 11.1 Å². The highest BCUT2D eigenvalue weighted by molar-refractivity contribution is 7.16. The van der Waals surface area contributed by atoms with Gasteiger partial charge in [0.05, 0.1) is 28.4 Å². The van der Waals surface area contributed by atoms with Crippen molar-refractivity contribution < 1.29 is 9.59 Å². The minimum atomic E-state index is -0.560. The zero-order chi connectivity index (χ0) is 23.2. The van der Waals surface area contributed by atoms with Gasteiger partial charge in [0, 0.05) is 16.5 Å². The first-order chi connectivity index (χ1) is 15.2. The average Bonchev–Trinajstić information content (AvgIpc) is 3.28. The van der Waals surface area contributed by atoms with Crippen LogP contribution in [0.2, 0.25) is 0 Å². The summed E-state index contributed by atoms with van der Waals surface area (Å²) in [6.45, 7) is 9.77. The largest absolute Gasteiger partial charge is 0.365 e. The monoisotopic (exact) mass is 447 g/mol. The fourth-order valence-corrected chi connectivity index (χ4v) is 4.83. The fraction of sp³-hybridized carbons (Fsp3) is 0.250. The van der Waals surface area contributed by atoms with Crippen molar-refractivity contribution in [1.29, 1.82) is 0 Å². The summed E-state index contributed by atoms with van der Waals surface area (Å²) in [5.74, 6) is -0.894. The minimum absolute atomic E-state index is 0.0760.